The molecule has 7 heteroatoms. The van der Waals surface area contributed by atoms with Gasteiger partial charge in [0.1, 0.15) is 0 Å². The van der Waals surface area contributed by atoms with Crippen LogP contribution < -0.4 is 5.32 Å². The molecular weight excluding hydrogens is 345 g/mol. The van der Waals surface area contributed by atoms with E-state index in [9.17, 15) is 4.79 Å². The van der Waals surface area contributed by atoms with Gasteiger partial charge in [0, 0.05) is 60.9 Å². The molecule has 2 aliphatic rings. The summed E-state index contributed by atoms with van der Waals surface area (Å²) in [7, 11) is 0. The van der Waals surface area contributed by atoms with Gasteiger partial charge in [0.2, 0.25) is 0 Å². The first-order valence-corrected chi connectivity index (χ1v) is 8.09. The zero-order chi connectivity index (χ0) is 14.8. The summed E-state index contributed by atoms with van der Waals surface area (Å²) in [5, 5.41) is 4.37. The molecule has 4 nitrogen and oxygen atoms in total. The van der Waals surface area contributed by atoms with Crippen molar-refractivity contribution in [3.63, 3.8) is 0 Å². The van der Waals surface area contributed by atoms with Crippen LogP contribution in [-0.2, 0) is 0 Å². The summed E-state index contributed by atoms with van der Waals surface area (Å²) in [4.78, 5) is 16.9. The lowest BCUT2D eigenvalue weighted by Gasteiger charge is -2.32. The summed E-state index contributed by atoms with van der Waals surface area (Å²) in [5.74, 6) is 0.0250. The molecule has 1 amide bonds. The van der Waals surface area contributed by atoms with E-state index < -0.39 is 0 Å². The molecule has 0 bridgehead atoms. The number of nitrogens with zero attached hydrogens (tertiary/aromatic N) is 2. The van der Waals surface area contributed by atoms with Crippen LogP contribution in [-0.4, -0.2) is 61.0 Å². The van der Waals surface area contributed by atoms with Crippen molar-refractivity contribution in [1.82, 2.24) is 15.1 Å². The lowest BCUT2D eigenvalue weighted by molar-refractivity contribution is 0.0773. The molecule has 2 fully saturated rings. The zero-order valence-corrected chi connectivity index (χ0v) is 14.6. The van der Waals surface area contributed by atoms with Crippen LogP contribution in [0.1, 0.15) is 16.8 Å². The summed E-state index contributed by atoms with van der Waals surface area (Å²) in [6.45, 7) is 5.80. The summed E-state index contributed by atoms with van der Waals surface area (Å²) >= 11 is 12.0. The van der Waals surface area contributed by atoms with Crippen LogP contribution in [0.15, 0.2) is 18.2 Å². The Bertz CT molecular complexity index is 515. The van der Waals surface area contributed by atoms with Crippen LogP contribution in [0.5, 0.6) is 0 Å². The first kappa shape index (κ1) is 17.8. The van der Waals surface area contributed by atoms with Gasteiger partial charge in [-0.05, 0) is 24.6 Å². The minimum atomic E-state index is 0. The Morgan fingerprint density at radius 1 is 1.09 bits per heavy atom. The number of carbonyl (C=O) groups excluding carboxylic acids is 1. The Morgan fingerprint density at radius 2 is 1.73 bits per heavy atom. The Morgan fingerprint density at radius 3 is 2.36 bits per heavy atom. The van der Waals surface area contributed by atoms with E-state index in [1.165, 1.54) is 0 Å². The zero-order valence-electron chi connectivity index (χ0n) is 12.2. The third-order valence-corrected chi connectivity index (χ3v) is 4.66. The Labute approximate surface area is 147 Å². The van der Waals surface area contributed by atoms with Crippen molar-refractivity contribution >= 4 is 41.5 Å². The summed E-state index contributed by atoms with van der Waals surface area (Å²) in [5.41, 5.74) is 0.577. The van der Waals surface area contributed by atoms with Gasteiger partial charge in [-0.3, -0.25) is 9.69 Å². The van der Waals surface area contributed by atoms with E-state index in [-0.39, 0.29) is 18.3 Å². The van der Waals surface area contributed by atoms with E-state index in [4.69, 9.17) is 23.2 Å². The minimum Gasteiger partial charge on any atom is -0.337 e. The molecule has 1 unspecified atom stereocenters. The first-order valence-electron chi connectivity index (χ1n) is 7.33. The molecule has 1 atom stereocenters. The van der Waals surface area contributed by atoms with Crippen LogP contribution in [0.2, 0.25) is 10.0 Å². The highest BCUT2D eigenvalue weighted by molar-refractivity contribution is 6.35. The molecular formula is C15H20Cl3N3O. The van der Waals surface area contributed by atoms with Crippen molar-refractivity contribution in [3.8, 4) is 0 Å². The van der Waals surface area contributed by atoms with Crippen LogP contribution in [0.4, 0.5) is 0 Å². The van der Waals surface area contributed by atoms with Gasteiger partial charge in [-0.25, -0.2) is 0 Å². The van der Waals surface area contributed by atoms with Crippen LogP contribution in [0.25, 0.3) is 0 Å². The number of benzene rings is 1. The molecule has 0 radical (unpaired) electrons. The highest BCUT2D eigenvalue weighted by Crippen LogP contribution is 2.23. The highest BCUT2D eigenvalue weighted by atomic mass is 35.5. The quantitative estimate of drug-likeness (QED) is 0.876. The maximum absolute atomic E-state index is 12.6. The lowest BCUT2D eigenvalue weighted by atomic mass is 10.2. The fourth-order valence-corrected chi connectivity index (χ4v) is 3.66. The number of halogens is 3. The SMILES string of the molecule is Cl.O=C(c1cc(Cl)cc(Cl)c1)N1CCC(N2CCNCC2)C1. The topological polar surface area (TPSA) is 35.6 Å². The largest absolute Gasteiger partial charge is 0.337 e. The van der Waals surface area contributed by atoms with Gasteiger partial charge in [0.25, 0.3) is 5.91 Å². The van der Waals surface area contributed by atoms with Crippen LogP contribution >= 0.6 is 35.6 Å². The van der Waals surface area contributed by atoms with E-state index in [0.717, 1.165) is 45.7 Å². The third-order valence-electron chi connectivity index (χ3n) is 4.23. The second-order valence-corrected chi connectivity index (χ2v) is 6.51. The number of amides is 1. The fraction of sp³-hybridized carbons (Fsp3) is 0.533. The van der Waals surface area contributed by atoms with E-state index in [1.807, 2.05) is 4.90 Å². The number of rotatable bonds is 2. The maximum Gasteiger partial charge on any atom is 0.254 e. The number of hydrogen-bond donors (Lipinski definition) is 1. The summed E-state index contributed by atoms with van der Waals surface area (Å²) in [6.07, 6.45) is 1.04. The predicted octanol–water partition coefficient (Wildman–Crippen LogP) is 2.53. The molecule has 3 rings (SSSR count). The lowest BCUT2D eigenvalue weighted by Crippen LogP contribution is -2.49. The van der Waals surface area contributed by atoms with Crippen LogP contribution in [0.3, 0.4) is 0 Å². The third kappa shape index (κ3) is 4.06. The van der Waals surface area contributed by atoms with Crippen molar-refractivity contribution in [2.75, 3.05) is 39.3 Å². The van der Waals surface area contributed by atoms with Gasteiger partial charge in [0.05, 0.1) is 0 Å². The molecule has 2 aliphatic heterocycles. The summed E-state index contributed by atoms with van der Waals surface area (Å²) in [6, 6.07) is 5.50. The molecule has 1 aromatic rings. The van der Waals surface area contributed by atoms with Crippen molar-refractivity contribution in [2.45, 2.75) is 12.5 Å². The Balaban J connectivity index is 0.00000176. The Kier molecular flexibility index (Phi) is 6.36. The monoisotopic (exact) mass is 363 g/mol. The average molecular weight is 365 g/mol. The summed E-state index contributed by atoms with van der Waals surface area (Å²) < 4.78 is 0. The molecule has 1 aromatic carbocycles. The second-order valence-electron chi connectivity index (χ2n) is 5.64. The molecule has 2 saturated heterocycles. The van der Waals surface area contributed by atoms with Crippen molar-refractivity contribution in [1.29, 1.82) is 0 Å². The smallest absolute Gasteiger partial charge is 0.254 e. The molecule has 122 valence electrons. The molecule has 0 aliphatic carbocycles. The number of hydrogen-bond acceptors (Lipinski definition) is 3. The molecule has 0 saturated carbocycles. The molecule has 22 heavy (non-hydrogen) atoms. The Hall–Kier alpha value is -0.520. The molecule has 0 spiro atoms. The first-order chi connectivity index (χ1) is 10.1. The minimum absolute atomic E-state index is 0. The maximum atomic E-state index is 12.6. The normalized spacial score (nSPS) is 22.5. The standard InChI is InChI=1S/C15H19Cl2N3O.ClH/c16-12-7-11(8-13(17)9-12)15(21)20-4-1-14(10-20)19-5-2-18-3-6-19;/h7-9,14,18H,1-6,10H2;1H. The fourth-order valence-electron chi connectivity index (χ4n) is 3.13. The van der Waals surface area contributed by atoms with E-state index in [0.29, 0.717) is 21.7 Å². The van der Waals surface area contributed by atoms with Gasteiger partial charge in [-0.1, -0.05) is 23.2 Å². The van der Waals surface area contributed by atoms with E-state index in [2.05, 4.69) is 10.2 Å². The van der Waals surface area contributed by atoms with Crippen molar-refractivity contribution in [2.24, 2.45) is 0 Å². The number of carbonyl (C=O) groups is 1. The highest BCUT2D eigenvalue weighted by Gasteiger charge is 2.31. The van der Waals surface area contributed by atoms with Crippen molar-refractivity contribution in [3.05, 3.63) is 33.8 Å². The average Bonchev–Trinajstić information content (AvgIpc) is 2.96. The molecule has 0 aromatic heterocycles. The van der Waals surface area contributed by atoms with Gasteiger partial charge in [0.15, 0.2) is 0 Å². The van der Waals surface area contributed by atoms with Gasteiger partial charge in [-0.15, -0.1) is 12.4 Å². The van der Waals surface area contributed by atoms with E-state index in [1.54, 1.807) is 18.2 Å². The van der Waals surface area contributed by atoms with Crippen molar-refractivity contribution < 1.29 is 4.79 Å². The van der Waals surface area contributed by atoms with Gasteiger partial charge in [-0.2, -0.15) is 0 Å². The van der Waals surface area contributed by atoms with Gasteiger partial charge >= 0.3 is 0 Å². The number of piperazine rings is 1. The van der Waals surface area contributed by atoms with Crippen LogP contribution in [0, 0.1) is 0 Å². The predicted molar refractivity (Wildman–Crippen MR) is 92.5 cm³/mol. The molecule has 2 heterocycles. The van der Waals surface area contributed by atoms with E-state index >= 15 is 0 Å². The number of nitrogens with one attached hydrogen (secondary N) is 1. The number of likely N-dealkylation sites (tertiary alicyclic amines) is 1. The molecule has 1 N–H and O–H groups in total. The van der Waals surface area contributed by atoms with Gasteiger partial charge < -0.3 is 10.2 Å². The second kappa shape index (κ2) is 7.84.